The van der Waals surface area contributed by atoms with Crippen molar-refractivity contribution in [1.29, 1.82) is 5.26 Å². The zero-order valence-electron chi connectivity index (χ0n) is 12.8. The lowest BCUT2D eigenvalue weighted by Gasteiger charge is -2.07. The molecule has 0 saturated heterocycles. The van der Waals surface area contributed by atoms with Crippen molar-refractivity contribution in [3.8, 4) is 11.8 Å². The number of nitrogens with one attached hydrogen (secondary N) is 1. The third kappa shape index (κ3) is 4.65. The van der Waals surface area contributed by atoms with Crippen LogP contribution in [0.15, 0.2) is 54.1 Å². The summed E-state index contributed by atoms with van der Waals surface area (Å²) in [5.74, 6) is -0.537. The molecule has 1 amide bonds. The van der Waals surface area contributed by atoms with Gasteiger partial charge in [-0.1, -0.05) is 30.3 Å². The van der Waals surface area contributed by atoms with E-state index in [9.17, 15) is 18.8 Å². The van der Waals surface area contributed by atoms with Crippen LogP contribution in [0, 0.1) is 18.3 Å². The average molecular weight is 328 g/mol. The molecule has 2 aromatic rings. The normalized spacial score (nSPS) is 11.0. The van der Waals surface area contributed by atoms with Crippen LogP contribution in [-0.2, 0) is 4.79 Å². The minimum absolute atomic E-state index is 0.00465. The van der Waals surface area contributed by atoms with E-state index in [1.807, 2.05) is 25.1 Å². The highest BCUT2D eigenvalue weighted by Gasteiger charge is 2.11. The van der Waals surface area contributed by atoms with Crippen molar-refractivity contribution in [1.82, 2.24) is 0 Å². The van der Waals surface area contributed by atoms with E-state index in [0.717, 1.165) is 5.56 Å². The smallest absolute Gasteiger partial charge is 0.387 e. The number of benzene rings is 2. The van der Waals surface area contributed by atoms with E-state index >= 15 is 0 Å². The summed E-state index contributed by atoms with van der Waals surface area (Å²) in [6.45, 7) is -1.06. The molecular formula is C18H14F2N2O2. The SMILES string of the molecule is Cc1ccccc1NC(=O)/C(C#N)=C/c1ccc(OC(F)F)cc1. The van der Waals surface area contributed by atoms with Gasteiger partial charge >= 0.3 is 6.61 Å². The fourth-order valence-corrected chi connectivity index (χ4v) is 1.96. The van der Waals surface area contributed by atoms with E-state index in [2.05, 4.69) is 10.1 Å². The van der Waals surface area contributed by atoms with Crippen molar-refractivity contribution >= 4 is 17.7 Å². The number of halogens is 2. The first kappa shape index (κ1) is 17.2. The van der Waals surface area contributed by atoms with Crippen molar-refractivity contribution in [2.75, 3.05) is 5.32 Å². The maximum Gasteiger partial charge on any atom is 0.387 e. The van der Waals surface area contributed by atoms with Gasteiger partial charge in [-0.05, 0) is 42.3 Å². The molecule has 0 aromatic heterocycles. The minimum Gasteiger partial charge on any atom is -0.435 e. The number of ether oxygens (including phenoxy) is 1. The predicted octanol–water partition coefficient (Wildman–Crippen LogP) is 4.14. The highest BCUT2D eigenvalue weighted by molar-refractivity contribution is 6.09. The van der Waals surface area contributed by atoms with Crippen LogP contribution >= 0.6 is 0 Å². The molecule has 0 unspecified atom stereocenters. The van der Waals surface area contributed by atoms with Gasteiger partial charge in [0, 0.05) is 5.69 Å². The Morgan fingerprint density at radius 1 is 1.21 bits per heavy atom. The number of anilines is 1. The molecule has 0 aliphatic rings. The lowest BCUT2D eigenvalue weighted by Crippen LogP contribution is -2.14. The maximum atomic E-state index is 12.2. The number of carbonyl (C=O) groups excluding carboxylic acids is 1. The van der Waals surface area contributed by atoms with Crippen LogP contribution in [0.1, 0.15) is 11.1 Å². The lowest BCUT2D eigenvalue weighted by molar-refractivity contribution is -0.112. The summed E-state index contributed by atoms with van der Waals surface area (Å²) in [5, 5.41) is 11.8. The zero-order valence-corrected chi connectivity index (χ0v) is 12.8. The molecule has 0 saturated carbocycles. The molecule has 0 fully saturated rings. The molecule has 0 heterocycles. The largest absolute Gasteiger partial charge is 0.435 e. The topological polar surface area (TPSA) is 62.1 Å². The van der Waals surface area contributed by atoms with Crippen LogP contribution in [0.5, 0.6) is 5.75 Å². The number of amides is 1. The summed E-state index contributed by atoms with van der Waals surface area (Å²) in [4.78, 5) is 12.2. The lowest BCUT2D eigenvalue weighted by atomic mass is 10.1. The summed E-state index contributed by atoms with van der Waals surface area (Å²) in [6.07, 6.45) is 1.37. The van der Waals surface area contributed by atoms with Gasteiger partial charge in [-0.2, -0.15) is 14.0 Å². The molecule has 0 radical (unpaired) electrons. The Labute approximate surface area is 138 Å². The summed E-state index contributed by atoms with van der Waals surface area (Å²) in [5.41, 5.74) is 1.91. The second kappa shape index (κ2) is 7.88. The van der Waals surface area contributed by atoms with Gasteiger partial charge in [-0.3, -0.25) is 4.79 Å². The van der Waals surface area contributed by atoms with Gasteiger partial charge in [-0.25, -0.2) is 0 Å². The van der Waals surface area contributed by atoms with Crippen molar-refractivity contribution in [2.24, 2.45) is 0 Å². The highest BCUT2D eigenvalue weighted by Crippen LogP contribution is 2.18. The van der Waals surface area contributed by atoms with E-state index < -0.39 is 12.5 Å². The van der Waals surface area contributed by atoms with E-state index in [-0.39, 0.29) is 11.3 Å². The van der Waals surface area contributed by atoms with Gasteiger partial charge in [0.2, 0.25) is 0 Å². The summed E-state index contributed by atoms with van der Waals surface area (Å²) in [6, 6.07) is 14.7. The molecule has 0 aliphatic carbocycles. The van der Waals surface area contributed by atoms with Crippen LogP contribution in [0.3, 0.4) is 0 Å². The Bertz CT molecular complexity index is 793. The Hall–Kier alpha value is -3.20. The van der Waals surface area contributed by atoms with Crippen LogP contribution < -0.4 is 10.1 Å². The maximum absolute atomic E-state index is 12.2. The number of carbonyl (C=O) groups is 1. The Kier molecular flexibility index (Phi) is 5.63. The fourth-order valence-electron chi connectivity index (χ4n) is 1.96. The number of para-hydroxylation sites is 1. The molecule has 0 spiro atoms. The van der Waals surface area contributed by atoms with Gasteiger partial charge in [0.1, 0.15) is 17.4 Å². The second-order valence-electron chi connectivity index (χ2n) is 4.89. The van der Waals surface area contributed by atoms with Crippen molar-refractivity contribution < 1.29 is 18.3 Å². The van der Waals surface area contributed by atoms with Crippen molar-refractivity contribution in [2.45, 2.75) is 13.5 Å². The van der Waals surface area contributed by atoms with Gasteiger partial charge in [-0.15, -0.1) is 0 Å². The molecule has 122 valence electrons. The zero-order chi connectivity index (χ0) is 17.5. The molecule has 6 heteroatoms. The highest BCUT2D eigenvalue weighted by atomic mass is 19.3. The van der Waals surface area contributed by atoms with Crippen LogP contribution in [0.4, 0.5) is 14.5 Å². The number of nitriles is 1. The fraction of sp³-hybridized carbons (Fsp3) is 0.111. The van der Waals surface area contributed by atoms with Crippen molar-refractivity contribution in [3.05, 3.63) is 65.2 Å². The summed E-state index contributed by atoms with van der Waals surface area (Å²) in [7, 11) is 0. The van der Waals surface area contributed by atoms with Gasteiger partial charge in [0.05, 0.1) is 0 Å². The quantitative estimate of drug-likeness (QED) is 0.663. The minimum atomic E-state index is -2.90. The molecule has 2 aromatic carbocycles. The molecular weight excluding hydrogens is 314 g/mol. The first-order valence-corrected chi connectivity index (χ1v) is 7.03. The monoisotopic (exact) mass is 328 g/mol. The average Bonchev–Trinajstić information content (AvgIpc) is 2.55. The Morgan fingerprint density at radius 3 is 2.46 bits per heavy atom. The molecule has 0 aliphatic heterocycles. The van der Waals surface area contributed by atoms with Crippen LogP contribution in [0.25, 0.3) is 6.08 Å². The Balaban J connectivity index is 2.15. The number of hydrogen-bond acceptors (Lipinski definition) is 3. The molecule has 0 atom stereocenters. The van der Waals surface area contributed by atoms with Crippen molar-refractivity contribution in [3.63, 3.8) is 0 Å². The van der Waals surface area contributed by atoms with Crippen LogP contribution in [-0.4, -0.2) is 12.5 Å². The van der Waals surface area contributed by atoms with E-state index in [1.165, 1.54) is 30.3 Å². The first-order chi connectivity index (χ1) is 11.5. The third-order valence-corrected chi connectivity index (χ3v) is 3.17. The van der Waals surface area contributed by atoms with Gasteiger partial charge < -0.3 is 10.1 Å². The first-order valence-electron chi connectivity index (χ1n) is 7.03. The molecule has 4 nitrogen and oxygen atoms in total. The number of alkyl halides is 2. The predicted molar refractivity (Wildman–Crippen MR) is 86.5 cm³/mol. The number of rotatable bonds is 5. The standard InChI is InChI=1S/C18H14F2N2O2/c1-12-4-2-3-5-16(12)22-17(23)14(11-21)10-13-6-8-15(9-7-13)24-18(19)20/h2-10,18H,1H3,(H,22,23)/b14-10+. The number of aryl methyl sites for hydroxylation is 1. The van der Waals surface area contributed by atoms with E-state index in [1.54, 1.807) is 12.1 Å². The Morgan fingerprint density at radius 2 is 1.88 bits per heavy atom. The molecule has 24 heavy (non-hydrogen) atoms. The molecule has 0 bridgehead atoms. The second-order valence-corrected chi connectivity index (χ2v) is 4.89. The van der Waals surface area contributed by atoms with Gasteiger partial charge in [0.25, 0.3) is 5.91 Å². The van der Waals surface area contributed by atoms with Gasteiger partial charge in [0.15, 0.2) is 0 Å². The summed E-state index contributed by atoms with van der Waals surface area (Å²) >= 11 is 0. The van der Waals surface area contributed by atoms with Crippen LogP contribution in [0.2, 0.25) is 0 Å². The number of nitrogens with zero attached hydrogens (tertiary/aromatic N) is 1. The summed E-state index contributed by atoms with van der Waals surface area (Å²) < 4.78 is 28.4. The number of hydrogen-bond donors (Lipinski definition) is 1. The van der Waals surface area contributed by atoms with E-state index in [0.29, 0.717) is 11.3 Å². The van der Waals surface area contributed by atoms with E-state index in [4.69, 9.17) is 0 Å². The third-order valence-electron chi connectivity index (χ3n) is 3.17. The molecule has 1 N–H and O–H groups in total. The molecule has 2 rings (SSSR count).